The van der Waals surface area contributed by atoms with Crippen molar-refractivity contribution >= 4 is 31.6 Å². The zero-order chi connectivity index (χ0) is 13.9. The number of hydrogen-bond donors (Lipinski definition) is 1. The van der Waals surface area contributed by atoms with E-state index in [1.165, 1.54) is 24.5 Å². The molecule has 0 radical (unpaired) electrons. The van der Waals surface area contributed by atoms with Gasteiger partial charge in [0, 0.05) is 16.9 Å². The second kappa shape index (κ2) is 5.38. The van der Waals surface area contributed by atoms with Gasteiger partial charge in [0.15, 0.2) is 0 Å². The van der Waals surface area contributed by atoms with Crippen molar-refractivity contribution in [3.8, 4) is 6.07 Å². The van der Waals surface area contributed by atoms with Gasteiger partial charge >= 0.3 is 0 Å². The molecular formula is C12H8BrN3O2S. The Kier molecular flexibility index (Phi) is 3.83. The quantitative estimate of drug-likeness (QED) is 0.932. The molecule has 0 aliphatic carbocycles. The largest absolute Gasteiger partial charge is 0.280 e. The molecule has 7 heteroatoms. The Morgan fingerprint density at radius 3 is 2.74 bits per heavy atom. The van der Waals surface area contributed by atoms with E-state index < -0.39 is 10.0 Å². The van der Waals surface area contributed by atoms with Crippen molar-refractivity contribution in [2.45, 2.75) is 4.90 Å². The monoisotopic (exact) mass is 337 g/mol. The molecule has 0 spiro atoms. The highest BCUT2D eigenvalue weighted by Crippen LogP contribution is 2.18. The summed E-state index contributed by atoms with van der Waals surface area (Å²) in [6, 6.07) is 9.63. The number of anilines is 1. The lowest BCUT2D eigenvalue weighted by Crippen LogP contribution is -2.13. The highest BCUT2D eigenvalue weighted by molar-refractivity contribution is 9.10. The first-order valence-corrected chi connectivity index (χ1v) is 7.42. The van der Waals surface area contributed by atoms with Crippen LogP contribution in [0.2, 0.25) is 0 Å². The Morgan fingerprint density at radius 1 is 1.26 bits per heavy atom. The van der Waals surface area contributed by atoms with Gasteiger partial charge in [-0.3, -0.25) is 9.71 Å². The molecule has 0 bridgehead atoms. The molecular weight excluding hydrogens is 330 g/mol. The van der Waals surface area contributed by atoms with Crippen LogP contribution in [0.15, 0.2) is 52.1 Å². The molecule has 0 atom stereocenters. The third kappa shape index (κ3) is 3.30. The summed E-state index contributed by atoms with van der Waals surface area (Å²) in [4.78, 5) is 3.85. The van der Waals surface area contributed by atoms with Gasteiger partial charge in [-0.2, -0.15) is 5.26 Å². The van der Waals surface area contributed by atoms with Crippen LogP contribution in [-0.2, 0) is 10.0 Å². The lowest BCUT2D eigenvalue weighted by Gasteiger charge is -2.08. The fourth-order valence-corrected chi connectivity index (χ4v) is 2.96. The zero-order valence-corrected chi connectivity index (χ0v) is 11.9. The Hall–Kier alpha value is -1.91. The second-order valence-corrected chi connectivity index (χ2v) is 6.24. The number of aromatic nitrogens is 1. The van der Waals surface area contributed by atoms with Crippen LogP contribution in [0.1, 0.15) is 5.56 Å². The number of nitrogens with zero attached hydrogens (tertiary/aromatic N) is 2. The van der Waals surface area contributed by atoms with Crippen LogP contribution in [0.3, 0.4) is 0 Å². The molecule has 0 unspecified atom stereocenters. The average Bonchev–Trinajstić information content (AvgIpc) is 2.38. The third-order valence-corrected chi connectivity index (χ3v) is 4.02. The molecule has 1 N–H and O–H groups in total. The van der Waals surface area contributed by atoms with E-state index in [-0.39, 0.29) is 4.90 Å². The molecule has 0 aliphatic rings. The molecule has 2 aromatic rings. The number of pyridine rings is 1. The maximum atomic E-state index is 12.1. The first-order chi connectivity index (χ1) is 9.01. The minimum atomic E-state index is -3.71. The minimum absolute atomic E-state index is 0.0456. The van der Waals surface area contributed by atoms with Crippen molar-refractivity contribution in [1.82, 2.24) is 4.98 Å². The Bertz CT molecular complexity index is 754. The highest BCUT2D eigenvalue weighted by atomic mass is 79.9. The fraction of sp³-hybridized carbons (Fsp3) is 0. The maximum Gasteiger partial charge on any atom is 0.263 e. The van der Waals surface area contributed by atoms with Crippen molar-refractivity contribution in [2.75, 3.05) is 4.72 Å². The predicted octanol–water partition coefficient (Wildman–Crippen LogP) is 2.52. The van der Waals surface area contributed by atoms with Gasteiger partial charge in [-0.15, -0.1) is 0 Å². The van der Waals surface area contributed by atoms with Crippen LogP contribution in [0, 0.1) is 11.3 Å². The summed E-state index contributed by atoms with van der Waals surface area (Å²) in [6.07, 6.45) is 2.75. The van der Waals surface area contributed by atoms with Gasteiger partial charge in [-0.05, 0) is 40.2 Å². The van der Waals surface area contributed by atoms with Crippen molar-refractivity contribution < 1.29 is 8.42 Å². The van der Waals surface area contributed by atoms with Gasteiger partial charge in [-0.1, -0.05) is 6.07 Å². The molecule has 5 nitrogen and oxygen atoms in total. The molecule has 1 aromatic carbocycles. The van der Waals surface area contributed by atoms with E-state index in [9.17, 15) is 8.42 Å². The van der Waals surface area contributed by atoms with E-state index in [0.29, 0.717) is 15.7 Å². The number of benzene rings is 1. The Morgan fingerprint density at radius 2 is 2.05 bits per heavy atom. The second-order valence-electron chi connectivity index (χ2n) is 3.64. The standard InChI is InChI=1S/C12H8BrN3O2S/c13-10-5-12(8-15-7-10)19(17,18)16-11-3-1-2-9(4-11)6-14/h1-5,7-8,16H. The van der Waals surface area contributed by atoms with Gasteiger partial charge in [0.25, 0.3) is 10.0 Å². The van der Waals surface area contributed by atoms with E-state index in [1.807, 2.05) is 6.07 Å². The minimum Gasteiger partial charge on any atom is -0.280 e. The molecule has 96 valence electrons. The summed E-state index contributed by atoms with van der Waals surface area (Å²) in [5.74, 6) is 0. The number of rotatable bonds is 3. The zero-order valence-electron chi connectivity index (χ0n) is 9.54. The molecule has 0 saturated heterocycles. The van der Waals surface area contributed by atoms with E-state index in [1.54, 1.807) is 18.2 Å². The number of halogens is 1. The molecule has 0 saturated carbocycles. The summed E-state index contributed by atoms with van der Waals surface area (Å²) in [7, 11) is -3.71. The molecule has 0 fully saturated rings. The molecule has 2 rings (SSSR count). The van der Waals surface area contributed by atoms with Gasteiger partial charge in [-0.25, -0.2) is 8.42 Å². The summed E-state index contributed by atoms with van der Waals surface area (Å²) in [6.45, 7) is 0. The molecule has 1 heterocycles. The summed E-state index contributed by atoms with van der Waals surface area (Å²) in [5.41, 5.74) is 0.714. The predicted molar refractivity (Wildman–Crippen MR) is 73.9 cm³/mol. The topological polar surface area (TPSA) is 82.9 Å². The SMILES string of the molecule is N#Cc1cccc(NS(=O)(=O)c2cncc(Br)c2)c1. The Balaban J connectivity index is 2.34. The first-order valence-electron chi connectivity index (χ1n) is 5.15. The van der Waals surface area contributed by atoms with Crippen molar-refractivity contribution in [1.29, 1.82) is 5.26 Å². The average molecular weight is 338 g/mol. The number of sulfonamides is 1. The number of nitrogens with one attached hydrogen (secondary N) is 1. The molecule has 0 amide bonds. The third-order valence-electron chi connectivity index (χ3n) is 2.23. The van der Waals surface area contributed by atoms with Gasteiger partial charge in [0.2, 0.25) is 0 Å². The van der Waals surface area contributed by atoms with E-state index >= 15 is 0 Å². The Labute approximate surface area is 119 Å². The van der Waals surface area contributed by atoms with Crippen molar-refractivity contribution in [3.63, 3.8) is 0 Å². The van der Waals surface area contributed by atoms with Gasteiger partial charge in [0.1, 0.15) is 4.90 Å². The number of nitriles is 1. The summed E-state index contributed by atoms with van der Waals surface area (Å²) in [5, 5.41) is 8.77. The lowest BCUT2D eigenvalue weighted by molar-refractivity contribution is 0.600. The van der Waals surface area contributed by atoms with Crippen LogP contribution in [0.25, 0.3) is 0 Å². The first kappa shape index (κ1) is 13.5. The lowest BCUT2D eigenvalue weighted by atomic mass is 10.2. The van der Waals surface area contributed by atoms with Crippen LogP contribution in [-0.4, -0.2) is 13.4 Å². The van der Waals surface area contributed by atoms with Crippen LogP contribution in [0.5, 0.6) is 0 Å². The number of hydrogen-bond acceptors (Lipinski definition) is 4. The van der Waals surface area contributed by atoms with Crippen LogP contribution < -0.4 is 4.72 Å². The normalized spacial score (nSPS) is 10.7. The van der Waals surface area contributed by atoms with E-state index in [0.717, 1.165) is 0 Å². The molecule has 1 aromatic heterocycles. The molecule has 19 heavy (non-hydrogen) atoms. The van der Waals surface area contributed by atoms with Crippen LogP contribution >= 0.6 is 15.9 Å². The van der Waals surface area contributed by atoms with Gasteiger partial charge in [0.05, 0.1) is 17.3 Å². The molecule has 0 aliphatic heterocycles. The van der Waals surface area contributed by atoms with E-state index in [4.69, 9.17) is 5.26 Å². The van der Waals surface area contributed by atoms with Crippen molar-refractivity contribution in [2.24, 2.45) is 0 Å². The highest BCUT2D eigenvalue weighted by Gasteiger charge is 2.15. The van der Waals surface area contributed by atoms with Crippen molar-refractivity contribution in [3.05, 3.63) is 52.8 Å². The van der Waals surface area contributed by atoms with Gasteiger partial charge < -0.3 is 0 Å². The van der Waals surface area contributed by atoms with Crippen LogP contribution in [0.4, 0.5) is 5.69 Å². The maximum absolute atomic E-state index is 12.1. The summed E-state index contributed by atoms with van der Waals surface area (Å²) >= 11 is 3.17. The summed E-state index contributed by atoms with van der Waals surface area (Å²) < 4.78 is 27.2. The fourth-order valence-electron chi connectivity index (χ4n) is 1.41. The smallest absolute Gasteiger partial charge is 0.263 e. The van der Waals surface area contributed by atoms with E-state index in [2.05, 4.69) is 25.6 Å².